The van der Waals surface area contributed by atoms with Crippen LogP contribution in [0, 0.1) is 11.8 Å². The van der Waals surface area contributed by atoms with E-state index in [1.165, 1.54) is 37.9 Å². The molecule has 1 aromatic heterocycles. The molecule has 1 saturated carbocycles. The van der Waals surface area contributed by atoms with E-state index in [1.807, 2.05) is 11.3 Å². The molecule has 1 N–H and O–H groups in total. The van der Waals surface area contributed by atoms with Gasteiger partial charge in [0.15, 0.2) is 0 Å². The van der Waals surface area contributed by atoms with Crippen LogP contribution >= 0.6 is 11.3 Å². The van der Waals surface area contributed by atoms with E-state index in [0.717, 1.165) is 17.9 Å². The summed E-state index contributed by atoms with van der Waals surface area (Å²) in [6.07, 6.45) is 4.08. The first kappa shape index (κ1) is 14.6. The zero-order chi connectivity index (χ0) is 14.1. The highest BCUT2D eigenvalue weighted by atomic mass is 32.1. The van der Waals surface area contributed by atoms with Gasteiger partial charge in [0.1, 0.15) is 0 Å². The molecule has 20 heavy (non-hydrogen) atoms. The molecule has 1 saturated heterocycles. The molecule has 1 aliphatic heterocycles. The summed E-state index contributed by atoms with van der Waals surface area (Å²) in [5, 5.41) is 8.32. The van der Waals surface area contributed by atoms with E-state index in [0.29, 0.717) is 12.1 Å². The Balaban J connectivity index is 1.67. The topological polar surface area (TPSA) is 15.3 Å². The third-order valence-corrected chi connectivity index (χ3v) is 5.79. The predicted octanol–water partition coefficient (Wildman–Crippen LogP) is 3.39. The van der Waals surface area contributed by atoms with Crippen molar-refractivity contribution in [1.29, 1.82) is 0 Å². The number of hydrogen-bond donors (Lipinski definition) is 1. The van der Waals surface area contributed by atoms with Gasteiger partial charge in [-0.3, -0.25) is 4.90 Å². The third kappa shape index (κ3) is 3.26. The second kappa shape index (κ2) is 6.17. The molecule has 0 bridgehead atoms. The Morgan fingerprint density at radius 3 is 2.75 bits per heavy atom. The normalized spacial score (nSPS) is 29.8. The maximum absolute atomic E-state index is 3.82. The first-order valence-corrected chi connectivity index (χ1v) is 9.09. The Hall–Kier alpha value is -0.380. The van der Waals surface area contributed by atoms with Crippen molar-refractivity contribution in [3.8, 4) is 0 Å². The first-order chi connectivity index (χ1) is 9.65. The minimum absolute atomic E-state index is 0.653. The summed E-state index contributed by atoms with van der Waals surface area (Å²) in [7, 11) is 0. The first-order valence-electron chi connectivity index (χ1n) is 8.15. The van der Waals surface area contributed by atoms with Crippen LogP contribution < -0.4 is 5.32 Å². The lowest BCUT2D eigenvalue weighted by Crippen LogP contribution is -2.61. The number of thiophene rings is 1. The van der Waals surface area contributed by atoms with Gasteiger partial charge in [-0.25, -0.2) is 0 Å². The van der Waals surface area contributed by atoms with Gasteiger partial charge in [0.05, 0.1) is 0 Å². The van der Waals surface area contributed by atoms with Gasteiger partial charge in [0.25, 0.3) is 0 Å². The van der Waals surface area contributed by atoms with Crippen LogP contribution in [0.2, 0.25) is 0 Å². The van der Waals surface area contributed by atoms with Crippen LogP contribution in [-0.2, 0) is 6.42 Å². The summed E-state index contributed by atoms with van der Waals surface area (Å²) >= 11 is 1.82. The SMILES string of the molecule is CC(C)C1CNC(C2CC2)CN1C(C)Cc1ccsc1. The summed E-state index contributed by atoms with van der Waals surface area (Å²) < 4.78 is 0. The van der Waals surface area contributed by atoms with Crippen molar-refractivity contribution in [2.24, 2.45) is 11.8 Å². The minimum atomic E-state index is 0.653. The monoisotopic (exact) mass is 292 g/mol. The van der Waals surface area contributed by atoms with Crippen LogP contribution in [0.1, 0.15) is 39.2 Å². The maximum Gasteiger partial charge on any atom is 0.0247 e. The van der Waals surface area contributed by atoms with Crippen LogP contribution in [0.4, 0.5) is 0 Å². The average molecular weight is 292 g/mol. The van der Waals surface area contributed by atoms with Crippen molar-refractivity contribution in [2.75, 3.05) is 13.1 Å². The predicted molar refractivity (Wildman–Crippen MR) is 87.3 cm³/mol. The minimum Gasteiger partial charge on any atom is -0.311 e. The van der Waals surface area contributed by atoms with Crippen molar-refractivity contribution in [2.45, 2.75) is 58.2 Å². The van der Waals surface area contributed by atoms with Gasteiger partial charge in [0, 0.05) is 31.2 Å². The lowest BCUT2D eigenvalue weighted by molar-refractivity contribution is 0.0574. The van der Waals surface area contributed by atoms with E-state index in [-0.39, 0.29) is 0 Å². The molecule has 0 radical (unpaired) electrons. The second-order valence-corrected chi connectivity index (χ2v) is 7.83. The van der Waals surface area contributed by atoms with Gasteiger partial charge in [-0.05, 0) is 60.4 Å². The average Bonchev–Trinajstić information content (AvgIpc) is 3.17. The quantitative estimate of drug-likeness (QED) is 0.895. The van der Waals surface area contributed by atoms with E-state index in [2.05, 4.69) is 47.8 Å². The molecule has 3 heteroatoms. The van der Waals surface area contributed by atoms with E-state index in [9.17, 15) is 0 Å². The second-order valence-electron chi connectivity index (χ2n) is 7.05. The molecule has 0 aromatic carbocycles. The molecule has 2 fully saturated rings. The number of hydrogen-bond acceptors (Lipinski definition) is 3. The van der Waals surface area contributed by atoms with Gasteiger partial charge in [-0.1, -0.05) is 13.8 Å². The fourth-order valence-electron chi connectivity index (χ4n) is 3.62. The highest BCUT2D eigenvalue weighted by Gasteiger charge is 2.39. The summed E-state index contributed by atoms with van der Waals surface area (Å²) in [6.45, 7) is 9.58. The Morgan fingerprint density at radius 2 is 2.15 bits per heavy atom. The van der Waals surface area contributed by atoms with Crippen molar-refractivity contribution in [1.82, 2.24) is 10.2 Å². The molecule has 2 nitrogen and oxygen atoms in total. The molecule has 3 atom stereocenters. The standard InChI is InChI=1S/C17H28N2S/c1-12(2)17-9-18-16(15-4-5-15)10-19(17)13(3)8-14-6-7-20-11-14/h6-7,11-13,15-18H,4-5,8-10H2,1-3H3. The van der Waals surface area contributed by atoms with Crippen LogP contribution in [-0.4, -0.2) is 36.1 Å². The number of rotatable bonds is 5. The van der Waals surface area contributed by atoms with Gasteiger partial charge in [-0.15, -0.1) is 0 Å². The molecule has 2 heterocycles. The van der Waals surface area contributed by atoms with Gasteiger partial charge in [0.2, 0.25) is 0 Å². The molecule has 112 valence electrons. The van der Waals surface area contributed by atoms with Gasteiger partial charge < -0.3 is 5.32 Å². The summed E-state index contributed by atoms with van der Waals surface area (Å²) in [5.41, 5.74) is 1.51. The molecule has 0 spiro atoms. The summed E-state index contributed by atoms with van der Waals surface area (Å²) in [5.74, 6) is 1.69. The lowest BCUT2D eigenvalue weighted by Gasteiger charge is -2.46. The Bertz CT molecular complexity index is 411. The van der Waals surface area contributed by atoms with Crippen LogP contribution in [0.3, 0.4) is 0 Å². The van der Waals surface area contributed by atoms with Crippen molar-refractivity contribution in [3.05, 3.63) is 22.4 Å². The fourth-order valence-corrected chi connectivity index (χ4v) is 4.30. The van der Waals surface area contributed by atoms with Crippen LogP contribution in [0.25, 0.3) is 0 Å². The van der Waals surface area contributed by atoms with Gasteiger partial charge >= 0.3 is 0 Å². The number of piperazine rings is 1. The highest BCUT2D eigenvalue weighted by Crippen LogP contribution is 2.35. The van der Waals surface area contributed by atoms with E-state index >= 15 is 0 Å². The van der Waals surface area contributed by atoms with E-state index in [4.69, 9.17) is 0 Å². The van der Waals surface area contributed by atoms with Crippen molar-refractivity contribution < 1.29 is 0 Å². The van der Waals surface area contributed by atoms with Crippen LogP contribution in [0.15, 0.2) is 16.8 Å². The molecular weight excluding hydrogens is 264 g/mol. The zero-order valence-electron chi connectivity index (χ0n) is 13.0. The Labute approximate surface area is 127 Å². The molecule has 2 aliphatic rings. The van der Waals surface area contributed by atoms with Crippen molar-refractivity contribution >= 4 is 11.3 Å². The third-order valence-electron chi connectivity index (χ3n) is 5.06. The fraction of sp³-hybridized carbons (Fsp3) is 0.765. The molecule has 1 aromatic rings. The molecule has 3 rings (SSSR count). The number of nitrogens with zero attached hydrogens (tertiary/aromatic N) is 1. The Kier molecular flexibility index (Phi) is 4.49. The number of nitrogens with one attached hydrogen (secondary N) is 1. The Morgan fingerprint density at radius 1 is 1.35 bits per heavy atom. The summed E-state index contributed by atoms with van der Waals surface area (Å²) in [4.78, 5) is 2.79. The molecule has 1 aliphatic carbocycles. The molecule has 3 unspecified atom stereocenters. The van der Waals surface area contributed by atoms with Crippen LogP contribution in [0.5, 0.6) is 0 Å². The van der Waals surface area contributed by atoms with E-state index < -0.39 is 0 Å². The largest absolute Gasteiger partial charge is 0.311 e. The van der Waals surface area contributed by atoms with Crippen molar-refractivity contribution in [3.63, 3.8) is 0 Å². The summed E-state index contributed by atoms with van der Waals surface area (Å²) in [6, 6.07) is 4.38. The molecular formula is C17H28N2S. The van der Waals surface area contributed by atoms with E-state index in [1.54, 1.807) is 0 Å². The van der Waals surface area contributed by atoms with Gasteiger partial charge in [-0.2, -0.15) is 11.3 Å². The zero-order valence-corrected chi connectivity index (χ0v) is 13.8. The highest BCUT2D eigenvalue weighted by molar-refractivity contribution is 7.07. The lowest BCUT2D eigenvalue weighted by atomic mass is 9.94. The molecule has 0 amide bonds. The maximum atomic E-state index is 3.82. The smallest absolute Gasteiger partial charge is 0.0247 e.